The van der Waals surface area contributed by atoms with E-state index in [9.17, 15) is 10.2 Å². The van der Waals surface area contributed by atoms with Crippen LogP contribution in [0.3, 0.4) is 0 Å². The zero-order valence-electron chi connectivity index (χ0n) is 36.5. The largest absolute Gasteiger partial charge is 0.507 e. The minimum atomic E-state index is 0.385. The smallest absolute Gasteiger partial charge is 0.124 e. The number of benzene rings is 2. The molecule has 320 valence electrons. The molecule has 0 fully saturated rings. The van der Waals surface area contributed by atoms with Gasteiger partial charge in [0.1, 0.15) is 11.5 Å². The number of phenols is 2. The van der Waals surface area contributed by atoms with E-state index in [2.05, 4.69) is 94.6 Å². The Morgan fingerprint density at radius 1 is 0.339 bits per heavy atom. The summed E-state index contributed by atoms with van der Waals surface area (Å²) in [5.74, 6) is 0.770. The molecule has 0 saturated carbocycles. The summed E-state index contributed by atoms with van der Waals surface area (Å²) in [7, 11) is 0. The van der Waals surface area contributed by atoms with Crippen LogP contribution >= 0.6 is 23.2 Å². The zero-order chi connectivity index (χ0) is 41.0. The maximum absolute atomic E-state index is 11.6. The lowest BCUT2D eigenvalue weighted by atomic mass is 10.1. The molecule has 1 aliphatic rings. The van der Waals surface area contributed by atoms with Crippen molar-refractivity contribution in [1.82, 2.24) is 39.2 Å². The van der Waals surface area contributed by atoms with E-state index in [4.69, 9.17) is 23.2 Å². The molecule has 4 bridgehead atoms. The van der Waals surface area contributed by atoms with Gasteiger partial charge in [0.25, 0.3) is 0 Å². The molecule has 0 amide bonds. The SMILES string of the molecule is CCN1CCN(CC)CCN(CC)Cc2cc(Cl)cc(c2O)CN(CC)CCN(CC)CCN(CC)CCN(CC)Cc2cc(Cl)cc(c2O)CN(CC)CC1. The third kappa shape index (κ3) is 16.2. The van der Waals surface area contributed by atoms with Gasteiger partial charge >= 0.3 is 0 Å². The summed E-state index contributed by atoms with van der Waals surface area (Å²) in [6, 6.07) is 7.79. The van der Waals surface area contributed by atoms with Crippen LogP contribution in [0.5, 0.6) is 11.5 Å². The highest BCUT2D eigenvalue weighted by atomic mass is 35.5. The summed E-state index contributed by atoms with van der Waals surface area (Å²) in [6.45, 7) is 39.6. The molecule has 2 aromatic rings. The number of hydrogen-bond acceptors (Lipinski definition) is 10. The lowest BCUT2D eigenvalue weighted by molar-refractivity contribution is 0.165. The van der Waals surface area contributed by atoms with Gasteiger partial charge in [-0.25, -0.2) is 0 Å². The van der Waals surface area contributed by atoms with Crippen molar-refractivity contribution in [1.29, 1.82) is 0 Å². The van der Waals surface area contributed by atoms with Gasteiger partial charge < -0.3 is 29.8 Å². The summed E-state index contributed by atoms with van der Waals surface area (Å²) in [6.07, 6.45) is 0. The van der Waals surface area contributed by atoms with Crippen molar-refractivity contribution in [3.8, 4) is 11.5 Å². The Labute approximate surface area is 351 Å². The highest BCUT2D eigenvalue weighted by Crippen LogP contribution is 2.31. The molecule has 2 aromatic carbocycles. The van der Waals surface area contributed by atoms with Gasteiger partial charge in [0.15, 0.2) is 0 Å². The first-order valence-corrected chi connectivity index (χ1v) is 22.6. The molecule has 56 heavy (non-hydrogen) atoms. The van der Waals surface area contributed by atoms with Crippen LogP contribution in [0, 0.1) is 0 Å². The number of phenolic OH excluding ortho intramolecular Hbond substituents is 2. The average molecular weight is 822 g/mol. The van der Waals surface area contributed by atoms with Crippen molar-refractivity contribution in [2.45, 2.75) is 81.6 Å². The molecule has 2 N–H and O–H groups in total. The first-order valence-electron chi connectivity index (χ1n) is 21.8. The van der Waals surface area contributed by atoms with Crippen molar-refractivity contribution in [2.24, 2.45) is 0 Å². The van der Waals surface area contributed by atoms with Crippen LogP contribution in [0.25, 0.3) is 0 Å². The van der Waals surface area contributed by atoms with Crippen LogP contribution in [0.4, 0.5) is 0 Å². The molecule has 0 aromatic heterocycles. The maximum Gasteiger partial charge on any atom is 0.124 e. The van der Waals surface area contributed by atoms with Crippen LogP contribution in [0.15, 0.2) is 24.3 Å². The Morgan fingerprint density at radius 2 is 0.500 bits per heavy atom. The van der Waals surface area contributed by atoms with Crippen molar-refractivity contribution in [3.63, 3.8) is 0 Å². The van der Waals surface area contributed by atoms with Gasteiger partial charge in [-0.1, -0.05) is 78.6 Å². The Morgan fingerprint density at radius 3 is 0.661 bits per heavy atom. The standard InChI is InChI=1S/C44H78Cl2N8O2/c1-9-47-17-18-48(10-2)22-26-52(14-6)34-39-31-42(46)32-40(44(39)56)36-54(16-8)28-24-50(12-4)20-19-49(11-3)23-27-53(15-7)35-38-30-41(45)29-37(43(38)55)33-51(13-5)25-21-47/h29-32,55-56H,9-28,33-36H2,1-8H3. The van der Waals surface area contributed by atoms with Gasteiger partial charge in [-0.2, -0.15) is 0 Å². The topological polar surface area (TPSA) is 66.4 Å². The normalized spacial score (nSPS) is 20.0. The van der Waals surface area contributed by atoms with Gasteiger partial charge in [-0.05, 0) is 76.6 Å². The van der Waals surface area contributed by atoms with E-state index in [1.165, 1.54) is 0 Å². The van der Waals surface area contributed by atoms with Crippen molar-refractivity contribution in [2.75, 3.05) is 131 Å². The number of fused-ring (bicyclic) bond motifs is 4. The van der Waals surface area contributed by atoms with Crippen LogP contribution in [0.1, 0.15) is 77.6 Å². The second kappa shape index (κ2) is 26.4. The van der Waals surface area contributed by atoms with Gasteiger partial charge in [0.2, 0.25) is 0 Å². The molecule has 12 heteroatoms. The highest BCUT2D eigenvalue weighted by molar-refractivity contribution is 6.31. The number of likely N-dealkylation sites (N-methyl/N-ethyl adjacent to an activating group) is 8. The van der Waals surface area contributed by atoms with Crippen LogP contribution in [0.2, 0.25) is 10.0 Å². The summed E-state index contributed by atoms with van der Waals surface area (Å²) >= 11 is 13.4. The third-order valence-corrected chi connectivity index (χ3v) is 12.4. The monoisotopic (exact) mass is 821 g/mol. The number of rotatable bonds is 8. The molecule has 1 aliphatic heterocycles. The van der Waals surface area contributed by atoms with E-state index in [1.54, 1.807) is 0 Å². The maximum atomic E-state index is 11.6. The van der Waals surface area contributed by atoms with Crippen molar-refractivity contribution >= 4 is 23.2 Å². The molecule has 10 nitrogen and oxygen atoms in total. The summed E-state index contributed by atoms with van der Waals surface area (Å²) in [5.41, 5.74) is 3.63. The molecule has 0 radical (unpaired) electrons. The van der Waals surface area contributed by atoms with Gasteiger partial charge in [0, 0.05) is 137 Å². The van der Waals surface area contributed by atoms with E-state index in [0.717, 1.165) is 153 Å². The minimum Gasteiger partial charge on any atom is -0.507 e. The second-order valence-electron chi connectivity index (χ2n) is 15.4. The molecule has 1 heterocycles. The van der Waals surface area contributed by atoms with Crippen LogP contribution in [-0.4, -0.2) is 180 Å². The van der Waals surface area contributed by atoms with E-state index in [-0.39, 0.29) is 0 Å². The Kier molecular flexibility index (Phi) is 23.0. The number of hydrogen-bond donors (Lipinski definition) is 2. The van der Waals surface area contributed by atoms with Gasteiger partial charge in [-0.15, -0.1) is 0 Å². The average Bonchev–Trinajstić information content (AvgIpc) is 3.20. The van der Waals surface area contributed by atoms with E-state index in [0.29, 0.717) is 47.7 Å². The molecule has 0 aliphatic carbocycles. The molecule has 0 saturated heterocycles. The van der Waals surface area contributed by atoms with Gasteiger partial charge in [-0.3, -0.25) is 19.6 Å². The highest BCUT2D eigenvalue weighted by Gasteiger charge is 2.19. The summed E-state index contributed by atoms with van der Waals surface area (Å²) < 4.78 is 0. The molecule has 0 spiro atoms. The predicted octanol–water partition coefficient (Wildman–Crippen LogP) is 6.69. The zero-order valence-corrected chi connectivity index (χ0v) is 38.0. The van der Waals surface area contributed by atoms with Crippen molar-refractivity contribution < 1.29 is 10.2 Å². The van der Waals surface area contributed by atoms with Crippen LogP contribution in [-0.2, 0) is 26.2 Å². The molecular formula is C44H78Cl2N8O2. The quantitative estimate of drug-likeness (QED) is 0.301. The number of halogens is 2. The molecule has 3 rings (SSSR count). The van der Waals surface area contributed by atoms with E-state index >= 15 is 0 Å². The lowest BCUT2D eigenvalue weighted by Crippen LogP contribution is -2.42. The predicted molar refractivity (Wildman–Crippen MR) is 238 cm³/mol. The Balaban J connectivity index is 1.85. The third-order valence-electron chi connectivity index (χ3n) is 12.0. The molecule has 0 atom stereocenters. The first-order chi connectivity index (χ1) is 27.0. The minimum absolute atomic E-state index is 0.385. The van der Waals surface area contributed by atoms with E-state index in [1.807, 2.05) is 24.3 Å². The number of aromatic hydroxyl groups is 2. The first kappa shape index (κ1) is 48.7. The summed E-state index contributed by atoms with van der Waals surface area (Å²) in [4.78, 5) is 19.8. The molecule has 0 unspecified atom stereocenters. The molecular weight excluding hydrogens is 743 g/mol. The van der Waals surface area contributed by atoms with Crippen LogP contribution < -0.4 is 0 Å². The fraction of sp³-hybridized carbons (Fsp3) is 0.727. The summed E-state index contributed by atoms with van der Waals surface area (Å²) in [5, 5.41) is 24.5. The Hall–Kier alpha value is -1.70. The Bertz CT molecular complexity index is 1210. The number of nitrogens with zero attached hydrogens (tertiary/aromatic N) is 8. The second-order valence-corrected chi connectivity index (χ2v) is 16.2. The van der Waals surface area contributed by atoms with E-state index < -0.39 is 0 Å². The van der Waals surface area contributed by atoms with Gasteiger partial charge in [0.05, 0.1) is 0 Å². The fourth-order valence-electron chi connectivity index (χ4n) is 7.69. The van der Waals surface area contributed by atoms with Crippen molar-refractivity contribution in [3.05, 3.63) is 56.6 Å². The lowest BCUT2D eigenvalue weighted by Gasteiger charge is -2.31. The fourth-order valence-corrected chi connectivity index (χ4v) is 8.21.